The van der Waals surface area contributed by atoms with E-state index >= 15 is 0 Å². The van der Waals surface area contributed by atoms with E-state index in [0.29, 0.717) is 32.1 Å². The number of carbonyl (C=O) groups is 3. The lowest BCUT2D eigenvalue weighted by Crippen LogP contribution is -2.52. The van der Waals surface area contributed by atoms with Crippen LogP contribution >= 0.6 is 0 Å². The molecule has 2 saturated heterocycles. The largest absolute Gasteiger partial charge is 0.344 e. The third-order valence-electron chi connectivity index (χ3n) is 5.16. The Morgan fingerprint density at radius 3 is 2.52 bits per heavy atom. The van der Waals surface area contributed by atoms with Crippen LogP contribution in [0, 0.1) is 0 Å². The van der Waals surface area contributed by atoms with E-state index in [1.165, 1.54) is 0 Å². The number of rotatable bonds is 4. The summed E-state index contributed by atoms with van der Waals surface area (Å²) < 4.78 is 0. The maximum Gasteiger partial charge on any atom is 0.318 e. The molecular formula is C16H26N4O3. The minimum Gasteiger partial charge on any atom is -0.344 e. The first kappa shape index (κ1) is 16.1. The Bertz CT molecular complexity index is 506. The zero-order valence-electron chi connectivity index (χ0n) is 14.0. The predicted molar refractivity (Wildman–Crippen MR) is 84.7 cm³/mol. The van der Waals surface area contributed by atoms with E-state index in [9.17, 15) is 14.4 Å². The number of hydrogen-bond donors (Lipinski definition) is 1. The van der Waals surface area contributed by atoms with Crippen LogP contribution in [0.2, 0.25) is 0 Å². The van der Waals surface area contributed by atoms with E-state index in [-0.39, 0.29) is 23.9 Å². The van der Waals surface area contributed by atoms with Crippen LogP contribution in [0.4, 0.5) is 4.79 Å². The summed E-state index contributed by atoms with van der Waals surface area (Å²) >= 11 is 0. The number of nitrogens with zero attached hydrogens (tertiary/aromatic N) is 3. The molecule has 0 spiro atoms. The maximum absolute atomic E-state index is 12.5. The Balaban J connectivity index is 1.58. The third-order valence-corrected chi connectivity index (χ3v) is 5.16. The Kier molecular flexibility index (Phi) is 4.46. The van der Waals surface area contributed by atoms with Gasteiger partial charge >= 0.3 is 6.03 Å². The fraction of sp³-hybridized carbons (Fsp3) is 0.812. The summed E-state index contributed by atoms with van der Waals surface area (Å²) in [5.41, 5.74) is 0. The van der Waals surface area contributed by atoms with Crippen molar-refractivity contribution in [3.05, 3.63) is 0 Å². The molecule has 23 heavy (non-hydrogen) atoms. The number of nitrogens with one attached hydrogen (secondary N) is 1. The van der Waals surface area contributed by atoms with Gasteiger partial charge in [0.05, 0.1) is 6.04 Å². The number of likely N-dealkylation sites (tertiary alicyclic amines) is 2. The second-order valence-corrected chi connectivity index (χ2v) is 6.94. The van der Waals surface area contributed by atoms with Crippen LogP contribution in [-0.2, 0) is 9.59 Å². The molecule has 1 saturated carbocycles. The summed E-state index contributed by atoms with van der Waals surface area (Å²) in [5, 5.41) is 2.87. The van der Waals surface area contributed by atoms with Crippen LogP contribution in [0.25, 0.3) is 0 Å². The van der Waals surface area contributed by atoms with Gasteiger partial charge in [-0.05, 0) is 32.1 Å². The van der Waals surface area contributed by atoms with Gasteiger partial charge in [-0.25, -0.2) is 4.79 Å². The van der Waals surface area contributed by atoms with Gasteiger partial charge in [-0.1, -0.05) is 0 Å². The minimum absolute atomic E-state index is 0.0163. The molecule has 2 atom stereocenters. The normalized spacial score (nSPS) is 27.5. The van der Waals surface area contributed by atoms with Gasteiger partial charge in [-0.3, -0.25) is 9.59 Å². The summed E-state index contributed by atoms with van der Waals surface area (Å²) in [6.07, 6.45) is 4.68. The molecule has 2 aliphatic heterocycles. The van der Waals surface area contributed by atoms with E-state index in [0.717, 1.165) is 25.7 Å². The molecule has 0 bridgehead atoms. The fourth-order valence-corrected chi connectivity index (χ4v) is 3.63. The molecule has 0 radical (unpaired) electrons. The van der Waals surface area contributed by atoms with Crippen molar-refractivity contribution in [1.29, 1.82) is 0 Å². The molecular weight excluding hydrogens is 296 g/mol. The second-order valence-electron chi connectivity index (χ2n) is 6.94. The zero-order chi connectivity index (χ0) is 16.6. The SMILES string of the molecule is CC(=O)N(C[C@@H]1CCCN1C(=O)N[C@@H]1CCN(C)C1=O)C1CC1. The Morgan fingerprint density at radius 1 is 1.22 bits per heavy atom. The molecule has 0 aromatic rings. The number of hydrogen-bond acceptors (Lipinski definition) is 3. The molecule has 0 aromatic heterocycles. The average molecular weight is 322 g/mol. The van der Waals surface area contributed by atoms with E-state index in [1.807, 2.05) is 9.80 Å². The van der Waals surface area contributed by atoms with Gasteiger partial charge in [0.1, 0.15) is 6.04 Å². The molecule has 3 aliphatic rings. The van der Waals surface area contributed by atoms with E-state index < -0.39 is 6.04 Å². The van der Waals surface area contributed by atoms with Crippen molar-refractivity contribution in [1.82, 2.24) is 20.0 Å². The molecule has 1 N–H and O–H groups in total. The molecule has 0 unspecified atom stereocenters. The van der Waals surface area contributed by atoms with Crippen LogP contribution < -0.4 is 5.32 Å². The lowest BCUT2D eigenvalue weighted by molar-refractivity contribution is -0.130. The van der Waals surface area contributed by atoms with Crippen molar-refractivity contribution >= 4 is 17.8 Å². The molecule has 1 aliphatic carbocycles. The molecule has 7 nitrogen and oxygen atoms in total. The first-order valence-corrected chi connectivity index (χ1v) is 8.56. The van der Waals surface area contributed by atoms with Gasteiger partial charge < -0.3 is 20.0 Å². The zero-order valence-corrected chi connectivity index (χ0v) is 14.0. The number of carbonyl (C=O) groups excluding carboxylic acids is 3. The van der Waals surface area contributed by atoms with Crippen molar-refractivity contribution < 1.29 is 14.4 Å². The van der Waals surface area contributed by atoms with Crippen molar-refractivity contribution in [2.45, 2.75) is 57.2 Å². The standard InChI is InChI=1S/C16H26N4O3/c1-11(21)20(12-5-6-12)10-13-4-3-8-19(13)16(23)17-14-7-9-18(2)15(14)22/h12-14H,3-10H2,1-2H3,(H,17,23)/t13-,14+/m0/s1. The smallest absolute Gasteiger partial charge is 0.318 e. The quantitative estimate of drug-likeness (QED) is 0.814. The first-order valence-electron chi connectivity index (χ1n) is 8.56. The van der Waals surface area contributed by atoms with E-state index in [4.69, 9.17) is 0 Å². The molecule has 3 rings (SSSR count). The Morgan fingerprint density at radius 2 is 1.96 bits per heavy atom. The highest BCUT2D eigenvalue weighted by molar-refractivity contribution is 5.88. The van der Waals surface area contributed by atoms with E-state index in [2.05, 4.69) is 5.32 Å². The molecule has 3 fully saturated rings. The summed E-state index contributed by atoms with van der Waals surface area (Å²) in [6.45, 7) is 3.60. The maximum atomic E-state index is 12.5. The number of amides is 4. The van der Waals surface area contributed by atoms with Gasteiger partial charge in [0.15, 0.2) is 0 Å². The van der Waals surface area contributed by atoms with Crippen molar-refractivity contribution in [2.75, 3.05) is 26.7 Å². The van der Waals surface area contributed by atoms with Crippen LogP contribution in [0.5, 0.6) is 0 Å². The molecule has 7 heteroatoms. The Labute approximate surface area is 137 Å². The lowest BCUT2D eigenvalue weighted by atomic mass is 10.2. The monoisotopic (exact) mass is 322 g/mol. The number of likely N-dealkylation sites (N-methyl/N-ethyl adjacent to an activating group) is 1. The van der Waals surface area contributed by atoms with Gasteiger partial charge in [-0.15, -0.1) is 0 Å². The van der Waals surface area contributed by atoms with Gasteiger partial charge in [0, 0.05) is 39.6 Å². The van der Waals surface area contributed by atoms with Gasteiger partial charge in [0.2, 0.25) is 11.8 Å². The summed E-state index contributed by atoms with van der Waals surface area (Å²) in [4.78, 5) is 41.7. The predicted octanol–water partition coefficient (Wildman–Crippen LogP) is 0.402. The van der Waals surface area contributed by atoms with Crippen LogP contribution in [0.1, 0.15) is 39.0 Å². The summed E-state index contributed by atoms with van der Waals surface area (Å²) in [5.74, 6) is 0.0739. The molecule has 0 aromatic carbocycles. The minimum atomic E-state index is -0.402. The van der Waals surface area contributed by atoms with Gasteiger partial charge in [0.25, 0.3) is 0 Å². The summed E-state index contributed by atoms with van der Waals surface area (Å²) in [6, 6.07) is -0.140. The fourth-order valence-electron chi connectivity index (χ4n) is 3.63. The van der Waals surface area contributed by atoms with Crippen molar-refractivity contribution in [3.63, 3.8) is 0 Å². The number of urea groups is 1. The summed E-state index contributed by atoms with van der Waals surface area (Å²) in [7, 11) is 1.76. The molecule has 2 heterocycles. The lowest BCUT2D eigenvalue weighted by Gasteiger charge is -2.31. The highest BCUT2D eigenvalue weighted by Gasteiger charge is 2.38. The van der Waals surface area contributed by atoms with Crippen molar-refractivity contribution in [2.24, 2.45) is 0 Å². The topological polar surface area (TPSA) is 73.0 Å². The highest BCUT2D eigenvalue weighted by Crippen LogP contribution is 2.29. The van der Waals surface area contributed by atoms with Crippen LogP contribution in [0.3, 0.4) is 0 Å². The van der Waals surface area contributed by atoms with Crippen molar-refractivity contribution in [3.8, 4) is 0 Å². The Hall–Kier alpha value is -1.79. The highest BCUT2D eigenvalue weighted by atomic mass is 16.2. The van der Waals surface area contributed by atoms with E-state index in [1.54, 1.807) is 18.9 Å². The third kappa shape index (κ3) is 3.43. The van der Waals surface area contributed by atoms with Crippen LogP contribution in [-0.4, -0.2) is 77.4 Å². The average Bonchev–Trinajstić information content (AvgIpc) is 3.16. The second kappa shape index (κ2) is 6.37. The van der Waals surface area contributed by atoms with Crippen LogP contribution in [0.15, 0.2) is 0 Å². The molecule has 128 valence electrons. The van der Waals surface area contributed by atoms with Gasteiger partial charge in [-0.2, -0.15) is 0 Å². The first-order chi connectivity index (χ1) is 11.0. The molecule has 4 amide bonds.